The van der Waals surface area contributed by atoms with Crippen LogP contribution in [-0.4, -0.2) is 85.3 Å². The number of alkyl halides is 4. The molecule has 1 saturated heterocycles. The number of aromatic nitrogens is 1. The topological polar surface area (TPSA) is 148 Å². The molecule has 1 aromatic carbocycles. The van der Waals surface area contributed by atoms with Crippen LogP contribution in [0.5, 0.6) is 0 Å². The molecular formula is C24H26F4N4O7S. The molecule has 3 rings (SSSR count). The number of carbonyl (C=O) groups is 4. The van der Waals surface area contributed by atoms with Crippen LogP contribution in [-0.2, 0) is 35.0 Å². The summed E-state index contributed by atoms with van der Waals surface area (Å²) in [5.74, 6) is -3.61. The molecule has 2 aromatic rings. The molecule has 218 valence electrons. The first-order valence-corrected chi connectivity index (χ1v) is 12.7. The Balaban J connectivity index is 1.76. The van der Waals surface area contributed by atoms with E-state index in [9.17, 15) is 36.7 Å². The van der Waals surface area contributed by atoms with Crippen molar-refractivity contribution in [2.24, 2.45) is 0 Å². The predicted molar refractivity (Wildman–Crippen MR) is 131 cm³/mol. The highest BCUT2D eigenvalue weighted by Gasteiger charge is 2.50. The number of rotatable bonds is 16. The van der Waals surface area contributed by atoms with Crippen LogP contribution in [0.15, 0.2) is 42.0 Å². The first-order chi connectivity index (χ1) is 19.0. The summed E-state index contributed by atoms with van der Waals surface area (Å²) in [5.41, 5.74) is 0.843. The Morgan fingerprint density at radius 1 is 0.950 bits per heavy atom. The summed E-state index contributed by atoms with van der Waals surface area (Å²) in [6.07, 6.45) is 1.19. The van der Waals surface area contributed by atoms with Crippen LogP contribution in [0.25, 0.3) is 0 Å². The minimum Gasteiger partial charge on any atom is -0.361 e. The number of amides is 3. The van der Waals surface area contributed by atoms with Gasteiger partial charge in [-0.05, 0) is 18.9 Å². The van der Waals surface area contributed by atoms with E-state index >= 15 is 0 Å². The van der Waals surface area contributed by atoms with Crippen molar-refractivity contribution in [1.82, 2.24) is 20.9 Å². The lowest BCUT2D eigenvalue weighted by Gasteiger charge is -2.25. The van der Waals surface area contributed by atoms with E-state index < -0.39 is 73.7 Å². The average Bonchev–Trinajstić information content (AvgIpc) is 3.42. The van der Waals surface area contributed by atoms with Gasteiger partial charge in [0.15, 0.2) is 5.78 Å². The summed E-state index contributed by atoms with van der Waals surface area (Å²) >= 11 is 0.903. The molecule has 4 atom stereocenters. The maximum absolute atomic E-state index is 13.2. The molecule has 1 fully saturated rings. The minimum atomic E-state index is -3.32. The Labute approximate surface area is 229 Å². The van der Waals surface area contributed by atoms with Crippen molar-refractivity contribution in [3.63, 3.8) is 0 Å². The van der Waals surface area contributed by atoms with Gasteiger partial charge in [-0.1, -0.05) is 30.3 Å². The molecule has 0 spiro atoms. The van der Waals surface area contributed by atoms with Crippen molar-refractivity contribution in [1.29, 1.82) is 0 Å². The summed E-state index contributed by atoms with van der Waals surface area (Å²) in [7, 11) is 0. The molecule has 1 aliphatic heterocycles. The fraction of sp³-hybridized carbons (Fsp3) is 0.458. The number of nitrogens with one attached hydrogen (secondary N) is 3. The standard InChI is InChI=1S/C24H26F4N4O7S/c1-24(11-39-24)18(33)14(7-13-5-3-2-4-6-13)30-19(34)15(9-37-22(25)26)31-20(35)16(10-38-23(27)28)32-21(36)17-8-29-12-40-17/h2-6,8,12,14-16,22-23H,7,9-11H2,1H3,(H,30,34)(H,31,35)(H,32,36)/t14-,15-,16-,24-/m0/s1. The maximum Gasteiger partial charge on any atom is 0.345 e. The van der Waals surface area contributed by atoms with Crippen molar-refractivity contribution in [2.75, 3.05) is 19.8 Å². The SMILES string of the molecule is C[C@@]1(C(=O)[C@H](Cc2ccccc2)NC(=O)[C@H](COC(F)F)NC(=O)[C@H](COC(F)F)NC(=O)c2cncs2)CO1. The van der Waals surface area contributed by atoms with E-state index in [0.29, 0.717) is 5.56 Å². The Morgan fingerprint density at radius 3 is 2.00 bits per heavy atom. The highest BCUT2D eigenvalue weighted by Crippen LogP contribution is 2.29. The van der Waals surface area contributed by atoms with Gasteiger partial charge in [-0.2, -0.15) is 17.6 Å². The first kappa shape index (κ1) is 31.1. The van der Waals surface area contributed by atoms with Crippen LogP contribution in [0.4, 0.5) is 17.6 Å². The summed E-state index contributed by atoms with van der Waals surface area (Å²) in [5, 5.41) is 6.72. The number of benzene rings is 1. The third-order valence-corrected chi connectivity index (χ3v) is 6.47. The maximum atomic E-state index is 13.2. The first-order valence-electron chi connectivity index (χ1n) is 11.8. The molecule has 40 heavy (non-hydrogen) atoms. The molecule has 16 heteroatoms. The number of epoxide rings is 1. The summed E-state index contributed by atoms with van der Waals surface area (Å²) in [4.78, 5) is 55.3. The van der Waals surface area contributed by atoms with Crippen LogP contribution in [0, 0.1) is 0 Å². The number of ether oxygens (including phenoxy) is 3. The summed E-state index contributed by atoms with van der Waals surface area (Å²) < 4.78 is 64.6. The quantitative estimate of drug-likeness (QED) is 0.196. The molecule has 2 heterocycles. The Morgan fingerprint density at radius 2 is 1.50 bits per heavy atom. The average molecular weight is 591 g/mol. The van der Waals surface area contributed by atoms with Crippen LogP contribution >= 0.6 is 11.3 Å². The normalized spacial score (nSPS) is 18.6. The molecule has 0 bridgehead atoms. The highest BCUT2D eigenvalue weighted by atomic mass is 32.1. The van der Waals surface area contributed by atoms with Gasteiger partial charge in [0.2, 0.25) is 11.8 Å². The van der Waals surface area contributed by atoms with E-state index in [-0.39, 0.29) is 17.9 Å². The molecule has 0 aliphatic carbocycles. The highest BCUT2D eigenvalue weighted by molar-refractivity contribution is 7.11. The van der Waals surface area contributed by atoms with Gasteiger partial charge in [0.25, 0.3) is 5.91 Å². The zero-order valence-electron chi connectivity index (χ0n) is 21.0. The number of hydrogen-bond donors (Lipinski definition) is 3. The van der Waals surface area contributed by atoms with Gasteiger partial charge < -0.3 is 30.2 Å². The van der Waals surface area contributed by atoms with Crippen LogP contribution < -0.4 is 16.0 Å². The fourth-order valence-electron chi connectivity index (χ4n) is 3.48. The second kappa shape index (κ2) is 14.2. The van der Waals surface area contributed by atoms with Gasteiger partial charge in [-0.15, -0.1) is 11.3 Å². The van der Waals surface area contributed by atoms with E-state index in [1.54, 1.807) is 30.3 Å². The van der Waals surface area contributed by atoms with Gasteiger partial charge in [0.05, 0.1) is 37.6 Å². The van der Waals surface area contributed by atoms with E-state index in [1.807, 2.05) is 0 Å². The van der Waals surface area contributed by atoms with Gasteiger partial charge in [0, 0.05) is 0 Å². The smallest absolute Gasteiger partial charge is 0.345 e. The predicted octanol–water partition coefficient (Wildman–Crippen LogP) is 1.29. The van der Waals surface area contributed by atoms with Crippen molar-refractivity contribution < 1.29 is 51.0 Å². The number of nitrogens with zero attached hydrogens (tertiary/aromatic N) is 1. The second-order valence-electron chi connectivity index (χ2n) is 8.78. The third kappa shape index (κ3) is 9.32. The minimum absolute atomic E-state index is 0.0243. The molecule has 1 aliphatic rings. The van der Waals surface area contributed by atoms with Crippen molar-refractivity contribution in [3.05, 3.63) is 52.5 Å². The molecule has 3 amide bonds. The van der Waals surface area contributed by atoms with Gasteiger partial charge in [-0.3, -0.25) is 24.2 Å². The van der Waals surface area contributed by atoms with Crippen LogP contribution in [0.1, 0.15) is 22.2 Å². The largest absolute Gasteiger partial charge is 0.361 e. The zero-order chi connectivity index (χ0) is 29.3. The number of thiazole rings is 1. The monoisotopic (exact) mass is 590 g/mol. The van der Waals surface area contributed by atoms with Crippen molar-refractivity contribution in [3.8, 4) is 0 Å². The zero-order valence-corrected chi connectivity index (χ0v) is 21.8. The number of Topliss-reactive ketones (excluding diaryl/α,β-unsaturated/α-hetero) is 1. The number of hydrogen-bond acceptors (Lipinski definition) is 9. The van der Waals surface area contributed by atoms with E-state index in [4.69, 9.17) is 4.74 Å². The number of carbonyl (C=O) groups excluding carboxylic acids is 4. The molecule has 1 aromatic heterocycles. The molecule has 0 radical (unpaired) electrons. The van der Waals surface area contributed by atoms with E-state index in [2.05, 4.69) is 30.4 Å². The lowest BCUT2D eigenvalue weighted by atomic mass is 9.94. The third-order valence-electron chi connectivity index (χ3n) is 5.70. The Hall–Kier alpha value is -3.47. The van der Waals surface area contributed by atoms with E-state index in [0.717, 1.165) is 11.3 Å². The lowest BCUT2D eigenvalue weighted by molar-refractivity contribution is -0.152. The molecular weight excluding hydrogens is 564 g/mol. The summed E-state index contributed by atoms with van der Waals surface area (Å²) in [6, 6.07) is 3.87. The van der Waals surface area contributed by atoms with Gasteiger partial charge in [-0.25, -0.2) is 0 Å². The van der Waals surface area contributed by atoms with Crippen LogP contribution in [0.3, 0.4) is 0 Å². The molecule has 3 N–H and O–H groups in total. The van der Waals surface area contributed by atoms with Crippen LogP contribution in [0.2, 0.25) is 0 Å². The number of halogens is 4. The van der Waals surface area contributed by atoms with Gasteiger partial charge in [0.1, 0.15) is 22.6 Å². The van der Waals surface area contributed by atoms with Crippen molar-refractivity contribution >= 4 is 34.8 Å². The lowest BCUT2D eigenvalue weighted by Crippen LogP contribution is -2.59. The van der Waals surface area contributed by atoms with Crippen molar-refractivity contribution in [2.45, 2.75) is 50.3 Å². The van der Waals surface area contributed by atoms with Gasteiger partial charge >= 0.3 is 13.2 Å². The fourth-order valence-corrected chi connectivity index (χ4v) is 4.01. The van der Waals surface area contributed by atoms with E-state index in [1.165, 1.54) is 18.6 Å². The second-order valence-corrected chi connectivity index (χ2v) is 9.66. The molecule has 11 nitrogen and oxygen atoms in total. The summed E-state index contributed by atoms with van der Waals surface area (Å²) in [6.45, 7) is -7.03. The molecule has 0 unspecified atom stereocenters. The Bertz CT molecular complexity index is 1150. The molecule has 0 saturated carbocycles. The Kier molecular flexibility index (Phi) is 11.1. The number of ketones is 1.